The minimum absolute atomic E-state index is 0.00125. The molecule has 1 saturated heterocycles. The first kappa shape index (κ1) is 19.5. The fourth-order valence-corrected chi connectivity index (χ4v) is 5.16. The van der Waals surface area contributed by atoms with Gasteiger partial charge in [-0.15, -0.1) is 0 Å². The predicted octanol–water partition coefficient (Wildman–Crippen LogP) is 3.80. The van der Waals surface area contributed by atoms with Crippen LogP contribution in [0.25, 0.3) is 0 Å². The van der Waals surface area contributed by atoms with E-state index >= 15 is 0 Å². The van der Waals surface area contributed by atoms with E-state index in [1.807, 2.05) is 41.5 Å². The Labute approximate surface area is 133 Å². The van der Waals surface area contributed by atoms with Crippen LogP contribution in [0.2, 0.25) is 0 Å². The van der Waals surface area contributed by atoms with Gasteiger partial charge in [0.05, 0.1) is 24.9 Å². The zero-order valence-corrected chi connectivity index (χ0v) is 15.6. The van der Waals surface area contributed by atoms with Crippen molar-refractivity contribution in [3.8, 4) is 0 Å². The average Bonchev–Trinajstić information content (AvgIpc) is 2.32. The van der Waals surface area contributed by atoms with Crippen molar-refractivity contribution in [2.75, 3.05) is 13.2 Å². The molecular formula is C15H30NO5P. The smallest absolute Gasteiger partial charge is 0.407 e. The number of amides is 1. The van der Waals surface area contributed by atoms with Gasteiger partial charge >= 0.3 is 13.7 Å². The van der Waals surface area contributed by atoms with Crippen molar-refractivity contribution in [2.24, 2.45) is 11.8 Å². The number of rotatable bonds is 4. The van der Waals surface area contributed by atoms with Gasteiger partial charge in [0.1, 0.15) is 5.60 Å². The number of hydrogen-bond donors (Lipinski definition) is 1. The van der Waals surface area contributed by atoms with Crippen molar-refractivity contribution in [2.45, 2.75) is 65.8 Å². The third kappa shape index (κ3) is 4.97. The maximum absolute atomic E-state index is 12.8. The van der Waals surface area contributed by atoms with E-state index in [-0.39, 0.29) is 30.1 Å². The van der Waals surface area contributed by atoms with E-state index in [0.29, 0.717) is 6.61 Å². The standard InChI is InChI=1S/C15H30NO5P/c1-8-19-22(18)11(4)13(10(2)3)12(9-20-22)16-14(17)21-15(5,6)7/h10-13H,8-9H2,1-7H3,(H,16,17)/t11-,12+,13-,22+/m0/s1. The molecule has 0 radical (unpaired) electrons. The zero-order chi connectivity index (χ0) is 17.1. The number of alkyl carbamates (subject to hydrolysis) is 1. The van der Waals surface area contributed by atoms with Gasteiger partial charge in [0, 0.05) is 0 Å². The molecule has 0 unspecified atom stereocenters. The van der Waals surface area contributed by atoms with Crippen LogP contribution in [0.4, 0.5) is 4.79 Å². The summed E-state index contributed by atoms with van der Waals surface area (Å²) in [7, 11) is -3.13. The van der Waals surface area contributed by atoms with E-state index < -0.39 is 19.3 Å². The fourth-order valence-electron chi connectivity index (χ4n) is 2.91. The van der Waals surface area contributed by atoms with Crippen LogP contribution in [0.1, 0.15) is 48.5 Å². The van der Waals surface area contributed by atoms with E-state index in [9.17, 15) is 9.36 Å². The third-order valence-corrected chi connectivity index (χ3v) is 6.20. The highest BCUT2D eigenvalue weighted by Gasteiger charge is 2.48. The maximum Gasteiger partial charge on any atom is 0.407 e. The van der Waals surface area contributed by atoms with Crippen LogP contribution in [0, 0.1) is 11.8 Å². The first-order chi connectivity index (χ1) is 10.00. The highest BCUT2D eigenvalue weighted by Crippen LogP contribution is 2.59. The molecule has 1 N–H and O–H groups in total. The Hall–Kier alpha value is -0.580. The van der Waals surface area contributed by atoms with Gasteiger partial charge in [-0.25, -0.2) is 4.79 Å². The fraction of sp³-hybridized carbons (Fsp3) is 0.933. The van der Waals surface area contributed by atoms with Gasteiger partial charge in [-0.05, 0) is 39.5 Å². The summed E-state index contributed by atoms with van der Waals surface area (Å²) in [6, 6.07) is -0.243. The minimum Gasteiger partial charge on any atom is -0.444 e. The van der Waals surface area contributed by atoms with Crippen LogP contribution < -0.4 is 5.32 Å². The Morgan fingerprint density at radius 2 is 2.00 bits per heavy atom. The molecule has 22 heavy (non-hydrogen) atoms. The minimum atomic E-state index is -3.13. The molecule has 0 aliphatic carbocycles. The Balaban J connectivity index is 2.84. The summed E-state index contributed by atoms with van der Waals surface area (Å²) in [6.45, 7) is 13.7. The number of ether oxygens (including phenoxy) is 1. The lowest BCUT2D eigenvalue weighted by Gasteiger charge is -2.42. The number of carbonyl (C=O) groups excluding carboxylic acids is 1. The summed E-state index contributed by atoms with van der Waals surface area (Å²) < 4.78 is 28.9. The van der Waals surface area contributed by atoms with Gasteiger partial charge in [-0.1, -0.05) is 20.8 Å². The van der Waals surface area contributed by atoms with Crippen LogP contribution in [-0.4, -0.2) is 36.6 Å². The molecule has 1 rings (SSSR count). The molecule has 7 heteroatoms. The lowest BCUT2D eigenvalue weighted by atomic mass is 9.86. The molecule has 1 aliphatic rings. The van der Waals surface area contributed by atoms with Gasteiger partial charge in [0.15, 0.2) is 0 Å². The molecule has 0 aromatic carbocycles. The zero-order valence-electron chi connectivity index (χ0n) is 14.7. The molecular weight excluding hydrogens is 305 g/mol. The second kappa shape index (κ2) is 7.33. The van der Waals surface area contributed by atoms with E-state index in [2.05, 4.69) is 5.32 Å². The highest BCUT2D eigenvalue weighted by molar-refractivity contribution is 7.54. The average molecular weight is 335 g/mol. The van der Waals surface area contributed by atoms with E-state index in [1.165, 1.54) is 0 Å². The largest absolute Gasteiger partial charge is 0.444 e. The normalized spacial score (nSPS) is 32.8. The van der Waals surface area contributed by atoms with Crippen LogP contribution in [0.3, 0.4) is 0 Å². The van der Waals surface area contributed by atoms with Crippen LogP contribution >= 0.6 is 7.60 Å². The van der Waals surface area contributed by atoms with Gasteiger partial charge < -0.3 is 19.1 Å². The molecule has 0 aromatic rings. The predicted molar refractivity (Wildman–Crippen MR) is 86.1 cm³/mol. The van der Waals surface area contributed by atoms with Crippen LogP contribution in [0.15, 0.2) is 0 Å². The van der Waals surface area contributed by atoms with Gasteiger partial charge in [0.25, 0.3) is 0 Å². The van der Waals surface area contributed by atoms with Crippen molar-refractivity contribution < 1.29 is 23.1 Å². The van der Waals surface area contributed by atoms with E-state index in [1.54, 1.807) is 6.92 Å². The molecule has 1 fully saturated rings. The molecule has 0 aromatic heterocycles. The summed E-state index contributed by atoms with van der Waals surface area (Å²) in [4.78, 5) is 12.0. The quantitative estimate of drug-likeness (QED) is 0.791. The van der Waals surface area contributed by atoms with E-state index in [0.717, 1.165) is 0 Å². The molecule has 1 heterocycles. The summed E-state index contributed by atoms with van der Waals surface area (Å²) in [6.07, 6.45) is -0.480. The first-order valence-corrected chi connectivity index (χ1v) is 9.49. The topological polar surface area (TPSA) is 73.9 Å². The van der Waals surface area contributed by atoms with Crippen LogP contribution in [0.5, 0.6) is 0 Å². The lowest BCUT2D eigenvalue weighted by molar-refractivity contribution is 0.0393. The molecule has 0 saturated carbocycles. The Morgan fingerprint density at radius 1 is 1.41 bits per heavy atom. The molecule has 1 amide bonds. The van der Waals surface area contributed by atoms with Crippen LogP contribution in [-0.2, 0) is 18.3 Å². The van der Waals surface area contributed by atoms with Crippen molar-refractivity contribution in [1.82, 2.24) is 5.32 Å². The Kier molecular flexibility index (Phi) is 6.48. The summed E-state index contributed by atoms with van der Waals surface area (Å²) in [5, 5.41) is 2.85. The molecule has 0 bridgehead atoms. The summed E-state index contributed by atoms with van der Waals surface area (Å²) >= 11 is 0. The van der Waals surface area contributed by atoms with Crippen molar-refractivity contribution in [1.29, 1.82) is 0 Å². The van der Waals surface area contributed by atoms with Crippen molar-refractivity contribution >= 4 is 13.7 Å². The number of nitrogens with one attached hydrogen (secondary N) is 1. The summed E-state index contributed by atoms with van der Waals surface area (Å²) in [5.41, 5.74) is -0.833. The van der Waals surface area contributed by atoms with Gasteiger partial charge in [-0.2, -0.15) is 0 Å². The lowest BCUT2D eigenvalue weighted by Crippen LogP contribution is -2.52. The van der Waals surface area contributed by atoms with Gasteiger partial charge in [-0.3, -0.25) is 4.57 Å². The van der Waals surface area contributed by atoms with Crippen molar-refractivity contribution in [3.05, 3.63) is 0 Å². The highest BCUT2D eigenvalue weighted by atomic mass is 31.2. The van der Waals surface area contributed by atoms with Gasteiger partial charge in [0.2, 0.25) is 0 Å². The number of carbonyl (C=O) groups is 1. The summed E-state index contributed by atoms with van der Waals surface area (Å²) in [5.74, 6) is 0.228. The Bertz CT molecular complexity index is 432. The molecule has 130 valence electrons. The molecule has 1 aliphatic heterocycles. The molecule has 0 spiro atoms. The second-order valence-electron chi connectivity index (χ2n) is 7.07. The number of hydrogen-bond acceptors (Lipinski definition) is 5. The molecule has 4 atom stereocenters. The maximum atomic E-state index is 12.8. The third-order valence-electron chi connectivity index (χ3n) is 3.74. The SMILES string of the molecule is CCO[P@@]1(=O)OC[C@@H](NC(=O)OC(C)(C)C)[C@@H](C(C)C)[C@@H]1C. The molecule has 6 nitrogen and oxygen atoms in total. The van der Waals surface area contributed by atoms with E-state index in [4.69, 9.17) is 13.8 Å². The Morgan fingerprint density at radius 3 is 2.45 bits per heavy atom. The second-order valence-corrected chi connectivity index (χ2v) is 9.48. The monoisotopic (exact) mass is 335 g/mol. The first-order valence-electron chi connectivity index (χ1n) is 7.88. The van der Waals surface area contributed by atoms with Crippen molar-refractivity contribution in [3.63, 3.8) is 0 Å².